The van der Waals surface area contributed by atoms with Crippen LogP contribution in [0.2, 0.25) is 0 Å². The molecule has 0 spiro atoms. The number of nitrogens with zero attached hydrogens (tertiary/aromatic N) is 2. The van der Waals surface area contributed by atoms with Gasteiger partial charge in [0, 0.05) is 5.56 Å². The Hall–Kier alpha value is -1.68. The van der Waals surface area contributed by atoms with E-state index in [9.17, 15) is 0 Å². The maximum absolute atomic E-state index is 5.93. The largest absolute Gasteiger partial charge is 0.334 e. The maximum Gasteiger partial charge on any atom is 0.258 e. The number of hydrogen-bond acceptors (Lipinski definition) is 4. The molecule has 0 unspecified atom stereocenters. The van der Waals surface area contributed by atoms with Crippen molar-refractivity contribution in [3.05, 3.63) is 35.2 Å². The Morgan fingerprint density at radius 3 is 2.53 bits per heavy atom. The molecule has 90 valence electrons. The molecule has 0 aliphatic heterocycles. The number of nitrogens with two attached hydrogens (primary N) is 1. The van der Waals surface area contributed by atoms with Crippen molar-refractivity contribution in [3.63, 3.8) is 0 Å². The summed E-state index contributed by atoms with van der Waals surface area (Å²) < 4.78 is 5.27. The van der Waals surface area contributed by atoms with Gasteiger partial charge in [0.05, 0.1) is 5.54 Å². The number of benzene rings is 1. The second kappa shape index (κ2) is 3.96. The van der Waals surface area contributed by atoms with Crippen molar-refractivity contribution in [2.75, 3.05) is 0 Å². The van der Waals surface area contributed by atoms with Crippen LogP contribution in [-0.4, -0.2) is 10.1 Å². The topological polar surface area (TPSA) is 64.9 Å². The van der Waals surface area contributed by atoms with Crippen LogP contribution in [0.3, 0.4) is 0 Å². The molecule has 0 saturated carbocycles. The standard InChI is InChI=1S/C13H17N3O/c1-8-5-6-9(2)10(7-8)11-15-12(16-17-11)13(3,4)14/h5-7H,14H2,1-4H3. The Morgan fingerprint density at radius 2 is 1.94 bits per heavy atom. The zero-order valence-electron chi connectivity index (χ0n) is 10.6. The molecule has 2 rings (SSSR count). The molecule has 0 amide bonds. The highest BCUT2D eigenvalue weighted by Gasteiger charge is 2.22. The van der Waals surface area contributed by atoms with Crippen molar-refractivity contribution < 1.29 is 4.52 Å². The first kappa shape index (κ1) is 11.8. The molecule has 1 aromatic carbocycles. The Balaban J connectivity index is 2.47. The minimum atomic E-state index is -0.584. The molecule has 0 saturated heterocycles. The van der Waals surface area contributed by atoms with Crippen LogP contribution in [0.5, 0.6) is 0 Å². The van der Waals surface area contributed by atoms with Gasteiger partial charge >= 0.3 is 0 Å². The summed E-state index contributed by atoms with van der Waals surface area (Å²) in [6, 6.07) is 6.14. The van der Waals surface area contributed by atoms with Gasteiger partial charge in [-0.3, -0.25) is 0 Å². The summed E-state index contributed by atoms with van der Waals surface area (Å²) in [5.41, 5.74) is 8.59. The molecule has 1 aromatic heterocycles. The van der Waals surface area contributed by atoms with Gasteiger partial charge in [-0.05, 0) is 39.3 Å². The summed E-state index contributed by atoms with van der Waals surface area (Å²) in [6.45, 7) is 7.76. The van der Waals surface area contributed by atoms with E-state index in [2.05, 4.69) is 16.2 Å². The first-order chi connectivity index (χ1) is 7.88. The highest BCUT2D eigenvalue weighted by molar-refractivity contribution is 5.59. The van der Waals surface area contributed by atoms with Gasteiger partial charge < -0.3 is 10.3 Å². The lowest BCUT2D eigenvalue weighted by Crippen LogP contribution is -2.30. The lowest BCUT2D eigenvalue weighted by Gasteiger charge is -2.11. The lowest BCUT2D eigenvalue weighted by atomic mass is 10.1. The Bertz CT molecular complexity index is 538. The molecule has 2 N–H and O–H groups in total. The summed E-state index contributed by atoms with van der Waals surface area (Å²) in [4.78, 5) is 4.35. The van der Waals surface area contributed by atoms with Crippen molar-refractivity contribution in [2.45, 2.75) is 33.2 Å². The summed E-state index contributed by atoms with van der Waals surface area (Å²) in [5.74, 6) is 1.05. The fraction of sp³-hybridized carbons (Fsp3) is 0.385. The average Bonchev–Trinajstić information content (AvgIpc) is 2.70. The van der Waals surface area contributed by atoms with E-state index >= 15 is 0 Å². The van der Waals surface area contributed by atoms with Crippen LogP contribution in [-0.2, 0) is 5.54 Å². The van der Waals surface area contributed by atoms with Gasteiger partial charge in [0.2, 0.25) is 0 Å². The predicted molar refractivity (Wildman–Crippen MR) is 66.4 cm³/mol. The van der Waals surface area contributed by atoms with Crippen LogP contribution < -0.4 is 5.73 Å². The first-order valence-corrected chi connectivity index (χ1v) is 5.58. The van der Waals surface area contributed by atoms with E-state index in [0.29, 0.717) is 11.7 Å². The number of aromatic nitrogens is 2. The third-order valence-corrected chi connectivity index (χ3v) is 2.63. The Kier molecular flexibility index (Phi) is 2.75. The molecular formula is C13H17N3O. The molecule has 4 nitrogen and oxygen atoms in total. The number of aryl methyl sites for hydroxylation is 2. The van der Waals surface area contributed by atoms with Crippen LogP contribution in [0, 0.1) is 13.8 Å². The van der Waals surface area contributed by atoms with E-state index < -0.39 is 5.54 Å². The summed E-state index contributed by atoms with van der Waals surface area (Å²) in [7, 11) is 0. The van der Waals surface area contributed by atoms with Gasteiger partial charge in [-0.2, -0.15) is 4.98 Å². The highest BCUT2D eigenvalue weighted by Crippen LogP contribution is 2.24. The minimum absolute atomic E-state index is 0.522. The molecule has 0 radical (unpaired) electrons. The van der Waals surface area contributed by atoms with Crippen LogP contribution >= 0.6 is 0 Å². The normalized spacial score (nSPS) is 11.8. The van der Waals surface area contributed by atoms with Crippen molar-refractivity contribution >= 4 is 0 Å². The molecule has 0 aliphatic rings. The Labute approximate surface area is 101 Å². The van der Waals surface area contributed by atoms with Crippen molar-refractivity contribution in [1.82, 2.24) is 10.1 Å². The van der Waals surface area contributed by atoms with E-state index in [4.69, 9.17) is 10.3 Å². The zero-order valence-corrected chi connectivity index (χ0v) is 10.6. The van der Waals surface area contributed by atoms with E-state index in [0.717, 1.165) is 16.7 Å². The number of hydrogen-bond donors (Lipinski definition) is 1. The monoisotopic (exact) mass is 231 g/mol. The Morgan fingerprint density at radius 1 is 1.24 bits per heavy atom. The van der Waals surface area contributed by atoms with Gasteiger partial charge in [0.15, 0.2) is 5.82 Å². The van der Waals surface area contributed by atoms with E-state index in [1.165, 1.54) is 0 Å². The van der Waals surface area contributed by atoms with Gasteiger partial charge in [-0.15, -0.1) is 0 Å². The molecule has 1 heterocycles. The quantitative estimate of drug-likeness (QED) is 0.862. The summed E-state index contributed by atoms with van der Waals surface area (Å²) in [6.07, 6.45) is 0. The van der Waals surface area contributed by atoms with Crippen molar-refractivity contribution in [3.8, 4) is 11.5 Å². The average molecular weight is 231 g/mol. The summed E-state index contributed by atoms with van der Waals surface area (Å²) >= 11 is 0. The number of rotatable bonds is 2. The van der Waals surface area contributed by atoms with Crippen LogP contribution in [0.4, 0.5) is 0 Å². The fourth-order valence-electron chi connectivity index (χ4n) is 1.56. The van der Waals surface area contributed by atoms with E-state index in [1.54, 1.807) is 0 Å². The molecule has 2 aromatic rings. The zero-order chi connectivity index (χ0) is 12.6. The third-order valence-electron chi connectivity index (χ3n) is 2.63. The second-order valence-corrected chi connectivity index (χ2v) is 4.96. The van der Waals surface area contributed by atoms with Crippen molar-refractivity contribution in [2.24, 2.45) is 5.73 Å². The fourth-order valence-corrected chi connectivity index (χ4v) is 1.56. The highest BCUT2D eigenvalue weighted by atomic mass is 16.5. The smallest absolute Gasteiger partial charge is 0.258 e. The van der Waals surface area contributed by atoms with Gasteiger partial charge in [-0.1, -0.05) is 22.9 Å². The maximum atomic E-state index is 5.93. The van der Waals surface area contributed by atoms with Crippen molar-refractivity contribution in [1.29, 1.82) is 0 Å². The van der Waals surface area contributed by atoms with Gasteiger partial charge in [0.1, 0.15) is 0 Å². The molecule has 17 heavy (non-hydrogen) atoms. The van der Waals surface area contributed by atoms with Crippen LogP contribution in [0.1, 0.15) is 30.8 Å². The van der Waals surface area contributed by atoms with E-state index in [-0.39, 0.29) is 0 Å². The molecule has 0 atom stereocenters. The van der Waals surface area contributed by atoms with Gasteiger partial charge in [0.25, 0.3) is 5.89 Å². The SMILES string of the molecule is Cc1ccc(C)c(-c2nc(C(C)(C)N)no2)c1. The second-order valence-electron chi connectivity index (χ2n) is 4.96. The molecular weight excluding hydrogens is 214 g/mol. The molecule has 0 aliphatic carbocycles. The predicted octanol–water partition coefficient (Wildman–Crippen LogP) is 2.55. The summed E-state index contributed by atoms with van der Waals surface area (Å²) in [5, 5.41) is 3.92. The first-order valence-electron chi connectivity index (χ1n) is 5.58. The van der Waals surface area contributed by atoms with Crippen LogP contribution in [0.15, 0.2) is 22.7 Å². The van der Waals surface area contributed by atoms with Crippen LogP contribution in [0.25, 0.3) is 11.5 Å². The van der Waals surface area contributed by atoms with E-state index in [1.807, 2.05) is 39.8 Å². The molecule has 0 fully saturated rings. The molecule has 0 bridgehead atoms. The third kappa shape index (κ3) is 2.36. The lowest BCUT2D eigenvalue weighted by molar-refractivity contribution is 0.397. The minimum Gasteiger partial charge on any atom is -0.334 e. The van der Waals surface area contributed by atoms with Gasteiger partial charge in [-0.25, -0.2) is 0 Å². The molecule has 4 heteroatoms.